The summed E-state index contributed by atoms with van der Waals surface area (Å²) in [7, 11) is 0. The molecular formula is C23H17Cl2FN2O2. The zero-order valence-electron chi connectivity index (χ0n) is 16.2. The lowest BCUT2D eigenvalue weighted by molar-refractivity contribution is 0.0562. The Morgan fingerprint density at radius 1 is 1.13 bits per heavy atom. The maximum atomic E-state index is 13.9. The molecule has 30 heavy (non-hydrogen) atoms. The van der Waals surface area contributed by atoms with Gasteiger partial charge in [0, 0.05) is 34.1 Å². The summed E-state index contributed by atoms with van der Waals surface area (Å²) < 4.78 is 15.5. The van der Waals surface area contributed by atoms with Gasteiger partial charge >= 0.3 is 0 Å². The summed E-state index contributed by atoms with van der Waals surface area (Å²) in [6.07, 6.45) is 2.86. The normalized spacial score (nSPS) is 12.2. The van der Waals surface area contributed by atoms with E-state index in [2.05, 4.69) is 4.98 Å². The van der Waals surface area contributed by atoms with E-state index < -0.39 is 11.9 Å². The molecule has 0 fully saturated rings. The van der Waals surface area contributed by atoms with Gasteiger partial charge in [-0.1, -0.05) is 41.4 Å². The molecule has 0 aliphatic heterocycles. The van der Waals surface area contributed by atoms with Crippen LogP contribution in [0.15, 0.2) is 60.9 Å². The van der Waals surface area contributed by atoms with Gasteiger partial charge in [-0.2, -0.15) is 4.73 Å². The van der Waals surface area contributed by atoms with Crippen molar-refractivity contribution in [2.75, 3.05) is 0 Å². The SMILES string of the molecule is CC(=O)c1cccc(-c2cnc3ccn(OC(C)c4c(Cl)ccc(F)c4Cl)c3c2)c1. The molecule has 2 aromatic carbocycles. The number of rotatable bonds is 5. The third-order valence-electron chi connectivity index (χ3n) is 4.86. The molecule has 4 nitrogen and oxygen atoms in total. The molecule has 0 bridgehead atoms. The smallest absolute Gasteiger partial charge is 0.159 e. The molecule has 1 unspecified atom stereocenters. The number of carbonyl (C=O) groups is 1. The number of fused-ring (bicyclic) bond motifs is 1. The molecule has 4 rings (SSSR count). The van der Waals surface area contributed by atoms with Crippen LogP contribution in [-0.2, 0) is 0 Å². The number of ketones is 1. The molecule has 0 radical (unpaired) electrons. The van der Waals surface area contributed by atoms with Crippen LogP contribution >= 0.6 is 23.2 Å². The second-order valence-electron chi connectivity index (χ2n) is 6.91. The van der Waals surface area contributed by atoms with E-state index in [-0.39, 0.29) is 10.8 Å². The lowest BCUT2D eigenvalue weighted by Gasteiger charge is -2.19. The van der Waals surface area contributed by atoms with Gasteiger partial charge in [0.05, 0.1) is 10.5 Å². The van der Waals surface area contributed by atoms with Crippen LogP contribution in [0.4, 0.5) is 4.39 Å². The molecule has 4 aromatic rings. The topological polar surface area (TPSA) is 44.1 Å². The number of pyridine rings is 1. The highest BCUT2D eigenvalue weighted by molar-refractivity contribution is 6.36. The monoisotopic (exact) mass is 442 g/mol. The third kappa shape index (κ3) is 3.78. The summed E-state index contributed by atoms with van der Waals surface area (Å²) in [5, 5.41) is 0.261. The van der Waals surface area contributed by atoms with Crippen molar-refractivity contribution in [3.63, 3.8) is 0 Å². The predicted molar refractivity (Wildman–Crippen MR) is 117 cm³/mol. The van der Waals surface area contributed by atoms with E-state index in [1.54, 1.807) is 30.1 Å². The molecule has 0 aliphatic rings. The van der Waals surface area contributed by atoms with Crippen LogP contribution in [0, 0.1) is 5.82 Å². The van der Waals surface area contributed by atoms with Gasteiger partial charge in [0.15, 0.2) is 11.9 Å². The van der Waals surface area contributed by atoms with Crippen molar-refractivity contribution in [1.82, 2.24) is 9.71 Å². The highest BCUT2D eigenvalue weighted by Crippen LogP contribution is 2.33. The quantitative estimate of drug-likeness (QED) is 0.260. The zero-order valence-corrected chi connectivity index (χ0v) is 17.7. The Bertz CT molecular complexity index is 1270. The molecule has 2 aromatic heterocycles. The van der Waals surface area contributed by atoms with Crippen molar-refractivity contribution < 1.29 is 14.0 Å². The fourth-order valence-corrected chi connectivity index (χ4v) is 3.97. The zero-order chi connectivity index (χ0) is 21.4. The van der Waals surface area contributed by atoms with Crippen LogP contribution in [0.5, 0.6) is 0 Å². The van der Waals surface area contributed by atoms with Crippen LogP contribution < -0.4 is 4.84 Å². The summed E-state index contributed by atoms with van der Waals surface area (Å²) in [6, 6.07) is 13.8. The van der Waals surface area contributed by atoms with Crippen LogP contribution in [0.3, 0.4) is 0 Å². The Labute approximate surface area is 182 Å². The first-order chi connectivity index (χ1) is 14.3. The predicted octanol–water partition coefficient (Wildman–Crippen LogP) is 6.54. The molecule has 0 spiro atoms. The molecular weight excluding hydrogens is 426 g/mol. The van der Waals surface area contributed by atoms with E-state index in [4.69, 9.17) is 28.0 Å². The second kappa shape index (κ2) is 8.09. The van der Waals surface area contributed by atoms with Gasteiger partial charge in [0.2, 0.25) is 0 Å². The van der Waals surface area contributed by atoms with E-state index in [9.17, 15) is 9.18 Å². The Morgan fingerprint density at radius 3 is 2.70 bits per heavy atom. The summed E-state index contributed by atoms with van der Waals surface area (Å²) in [5.74, 6) is -0.562. The number of benzene rings is 2. The lowest BCUT2D eigenvalue weighted by atomic mass is 10.0. The minimum atomic E-state index is -0.610. The number of halogens is 3. The van der Waals surface area contributed by atoms with E-state index in [1.807, 2.05) is 30.3 Å². The van der Waals surface area contributed by atoms with Crippen molar-refractivity contribution >= 4 is 40.0 Å². The fraction of sp³-hybridized carbons (Fsp3) is 0.130. The Morgan fingerprint density at radius 2 is 1.93 bits per heavy atom. The summed E-state index contributed by atoms with van der Waals surface area (Å²) in [4.78, 5) is 22.2. The molecule has 0 saturated carbocycles. The first-order valence-corrected chi connectivity index (χ1v) is 9.99. The minimum Gasteiger partial charge on any atom is -0.406 e. The van der Waals surface area contributed by atoms with Gasteiger partial charge in [-0.25, -0.2) is 4.39 Å². The van der Waals surface area contributed by atoms with E-state index in [0.717, 1.165) is 22.2 Å². The Kier molecular flexibility index (Phi) is 5.50. The van der Waals surface area contributed by atoms with Crippen molar-refractivity contribution in [3.05, 3.63) is 87.9 Å². The van der Waals surface area contributed by atoms with Crippen LogP contribution in [-0.4, -0.2) is 15.5 Å². The van der Waals surface area contributed by atoms with E-state index in [0.29, 0.717) is 16.1 Å². The number of Topliss-reactive ketones (excluding diaryl/α,β-unsaturated/α-hetero) is 1. The molecule has 0 aliphatic carbocycles. The maximum absolute atomic E-state index is 13.9. The number of hydrogen-bond donors (Lipinski definition) is 0. The van der Waals surface area contributed by atoms with Crippen molar-refractivity contribution in [3.8, 4) is 11.1 Å². The van der Waals surface area contributed by atoms with Gasteiger partial charge < -0.3 is 4.84 Å². The molecule has 0 amide bonds. The van der Waals surface area contributed by atoms with Gasteiger partial charge in [0.25, 0.3) is 0 Å². The third-order valence-corrected chi connectivity index (χ3v) is 5.58. The Hall–Kier alpha value is -2.89. The van der Waals surface area contributed by atoms with Gasteiger partial charge in [-0.15, -0.1) is 0 Å². The molecule has 2 heterocycles. The highest BCUT2D eigenvalue weighted by Gasteiger charge is 2.20. The van der Waals surface area contributed by atoms with E-state index in [1.165, 1.54) is 19.1 Å². The van der Waals surface area contributed by atoms with Crippen molar-refractivity contribution in [2.24, 2.45) is 0 Å². The molecule has 7 heteroatoms. The first-order valence-electron chi connectivity index (χ1n) is 9.24. The number of carbonyl (C=O) groups excluding carboxylic acids is 1. The summed E-state index contributed by atoms with van der Waals surface area (Å²) in [5.41, 5.74) is 4.15. The standard InChI is InChI=1S/C23H17Cl2FN2O2/c1-13(29)15-4-3-5-16(10-15)17-11-21-20(27-12-17)8-9-28(21)30-14(2)22-18(24)6-7-19(26)23(22)25/h3-12,14H,1-2H3. The average molecular weight is 443 g/mol. The summed E-state index contributed by atoms with van der Waals surface area (Å²) in [6.45, 7) is 3.27. The molecule has 1 atom stereocenters. The first kappa shape index (κ1) is 20.4. The van der Waals surface area contributed by atoms with Gasteiger partial charge in [-0.3, -0.25) is 9.78 Å². The fourth-order valence-electron chi connectivity index (χ4n) is 3.29. The van der Waals surface area contributed by atoms with E-state index >= 15 is 0 Å². The number of hydrogen-bond acceptors (Lipinski definition) is 3. The minimum absolute atomic E-state index is 0.00438. The molecule has 0 saturated heterocycles. The van der Waals surface area contributed by atoms with Crippen LogP contribution in [0.25, 0.3) is 22.2 Å². The number of aromatic nitrogens is 2. The number of nitrogens with zero attached hydrogens (tertiary/aromatic N) is 2. The lowest BCUT2D eigenvalue weighted by Crippen LogP contribution is -2.16. The average Bonchev–Trinajstić information content (AvgIpc) is 3.13. The van der Waals surface area contributed by atoms with Crippen LogP contribution in [0.2, 0.25) is 10.0 Å². The van der Waals surface area contributed by atoms with Crippen molar-refractivity contribution in [2.45, 2.75) is 20.0 Å². The van der Waals surface area contributed by atoms with Gasteiger partial charge in [-0.05, 0) is 49.7 Å². The molecule has 0 N–H and O–H groups in total. The Balaban J connectivity index is 1.71. The molecule has 152 valence electrons. The van der Waals surface area contributed by atoms with Crippen molar-refractivity contribution in [1.29, 1.82) is 0 Å². The highest BCUT2D eigenvalue weighted by atomic mass is 35.5. The maximum Gasteiger partial charge on any atom is 0.159 e. The second-order valence-corrected chi connectivity index (χ2v) is 7.70. The largest absolute Gasteiger partial charge is 0.406 e. The van der Waals surface area contributed by atoms with Gasteiger partial charge in [0.1, 0.15) is 11.3 Å². The summed E-state index contributed by atoms with van der Waals surface area (Å²) >= 11 is 12.3. The van der Waals surface area contributed by atoms with Crippen LogP contribution in [0.1, 0.15) is 35.9 Å².